The summed E-state index contributed by atoms with van der Waals surface area (Å²) in [4.78, 5) is 19.3. The minimum atomic E-state index is 0.0114. The van der Waals surface area contributed by atoms with Crippen LogP contribution in [0.15, 0.2) is 66.9 Å². The van der Waals surface area contributed by atoms with Gasteiger partial charge in [-0.15, -0.1) is 0 Å². The van der Waals surface area contributed by atoms with Crippen molar-refractivity contribution in [1.82, 2.24) is 19.5 Å². The molecule has 4 aromatic rings. The zero-order chi connectivity index (χ0) is 23.5. The standard InChI is InChI=1S/C26H26ClN5O2/c1-18-16-28-32-24(15-23(30-26(18)32)21-9-5-6-10-22(21)27)29-19-11-13-31(14-12-19)25(33)17-34-20-7-3-2-4-8-20/h2-10,15-16,19,29H,11-14,17H2,1H3. The number of likely N-dealkylation sites (tertiary alicyclic amines) is 1. The number of para-hydroxylation sites is 1. The van der Waals surface area contributed by atoms with E-state index in [2.05, 4.69) is 10.4 Å². The molecule has 1 N–H and O–H groups in total. The number of ether oxygens (including phenoxy) is 1. The molecular weight excluding hydrogens is 450 g/mol. The van der Waals surface area contributed by atoms with Crippen LogP contribution in [0, 0.1) is 6.92 Å². The summed E-state index contributed by atoms with van der Waals surface area (Å²) >= 11 is 6.45. The van der Waals surface area contributed by atoms with Gasteiger partial charge in [0, 0.05) is 41.3 Å². The number of nitrogens with one attached hydrogen (secondary N) is 1. The lowest BCUT2D eigenvalue weighted by atomic mass is 10.0. The van der Waals surface area contributed by atoms with Crippen molar-refractivity contribution in [2.45, 2.75) is 25.8 Å². The third-order valence-corrected chi connectivity index (χ3v) is 6.43. The zero-order valence-electron chi connectivity index (χ0n) is 18.9. The van der Waals surface area contributed by atoms with E-state index in [-0.39, 0.29) is 18.6 Å². The molecule has 1 saturated heterocycles. The average Bonchev–Trinajstić information content (AvgIpc) is 3.25. The van der Waals surface area contributed by atoms with Gasteiger partial charge in [0.15, 0.2) is 12.3 Å². The van der Waals surface area contributed by atoms with Gasteiger partial charge in [-0.3, -0.25) is 4.79 Å². The second-order valence-electron chi connectivity index (χ2n) is 8.47. The maximum atomic E-state index is 12.6. The molecule has 174 valence electrons. The van der Waals surface area contributed by atoms with Crippen LogP contribution < -0.4 is 10.1 Å². The third-order valence-electron chi connectivity index (χ3n) is 6.10. The van der Waals surface area contributed by atoms with Crippen molar-refractivity contribution >= 4 is 29.0 Å². The molecule has 0 aliphatic carbocycles. The van der Waals surface area contributed by atoms with E-state index < -0.39 is 0 Å². The van der Waals surface area contributed by atoms with Crippen LogP contribution in [0.3, 0.4) is 0 Å². The van der Waals surface area contributed by atoms with Crippen molar-refractivity contribution in [2.75, 3.05) is 25.0 Å². The van der Waals surface area contributed by atoms with Crippen LogP contribution in [0.5, 0.6) is 5.75 Å². The fraction of sp³-hybridized carbons (Fsp3) is 0.269. The number of benzene rings is 2. The SMILES string of the molecule is Cc1cnn2c(NC3CCN(C(=O)COc4ccccc4)CC3)cc(-c3ccccc3Cl)nc12. The van der Waals surface area contributed by atoms with E-state index in [0.29, 0.717) is 23.9 Å². The Balaban J connectivity index is 1.27. The Hall–Kier alpha value is -3.58. The summed E-state index contributed by atoms with van der Waals surface area (Å²) in [6.07, 6.45) is 3.49. The highest BCUT2D eigenvalue weighted by Crippen LogP contribution is 2.30. The second kappa shape index (κ2) is 9.73. The van der Waals surface area contributed by atoms with E-state index in [4.69, 9.17) is 21.3 Å². The largest absolute Gasteiger partial charge is 0.484 e. The summed E-state index contributed by atoms with van der Waals surface area (Å²) in [6, 6.07) is 19.3. The highest BCUT2D eigenvalue weighted by molar-refractivity contribution is 6.33. The molecule has 2 aromatic carbocycles. The number of hydrogen-bond donors (Lipinski definition) is 1. The van der Waals surface area contributed by atoms with Gasteiger partial charge < -0.3 is 15.0 Å². The molecule has 0 atom stereocenters. The van der Waals surface area contributed by atoms with Gasteiger partial charge in [0.25, 0.3) is 5.91 Å². The van der Waals surface area contributed by atoms with E-state index in [1.165, 1.54) is 0 Å². The van der Waals surface area contributed by atoms with Gasteiger partial charge in [0.05, 0.1) is 11.9 Å². The van der Waals surface area contributed by atoms with Gasteiger partial charge in [-0.25, -0.2) is 4.98 Å². The molecule has 0 bridgehead atoms. The maximum Gasteiger partial charge on any atom is 0.260 e. The zero-order valence-corrected chi connectivity index (χ0v) is 19.7. The van der Waals surface area contributed by atoms with Gasteiger partial charge in [-0.2, -0.15) is 9.61 Å². The van der Waals surface area contributed by atoms with Gasteiger partial charge >= 0.3 is 0 Å². The number of rotatable bonds is 6. The molecule has 3 heterocycles. The highest BCUT2D eigenvalue weighted by Gasteiger charge is 2.24. The Kier molecular flexibility index (Phi) is 6.36. The molecule has 5 rings (SSSR count). The Morgan fingerprint density at radius 1 is 1.12 bits per heavy atom. The van der Waals surface area contributed by atoms with Crippen LogP contribution in [0.2, 0.25) is 5.02 Å². The molecule has 7 nitrogen and oxygen atoms in total. The van der Waals surface area contributed by atoms with E-state index in [1.807, 2.05) is 83.2 Å². The number of anilines is 1. The van der Waals surface area contributed by atoms with Crippen LogP contribution in [-0.4, -0.2) is 51.1 Å². The van der Waals surface area contributed by atoms with Crippen LogP contribution in [-0.2, 0) is 4.79 Å². The maximum absolute atomic E-state index is 12.6. The molecule has 0 spiro atoms. The lowest BCUT2D eigenvalue weighted by molar-refractivity contribution is -0.134. The molecule has 0 saturated carbocycles. The lowest BCUT2D eigenvalue weighted by Crippen LogP contribution is -2.44. The van der Waals surface area contributed by atoms with Crippen LogP contribution in [0.25, 0.3) is 16.9 Å². The van der Waals surface area contributed by atoms with Crippen LogP contribution >= 0.6 is 11.6 Å². The molecule has 34 heavy (non-hydrogen) atoms. The quantitative estimate of drug-likeness (QED) is 0.432. The minimum absolute atomic E-state index is 0.0114. The number of aryl methyl sites for hydroxylation is 1. The van der Waals surface area contributed by atoms with E-state index in [0.717, 1.165) is 41.1 Å². The number of aromatic nitrogens is 3. The molecule has 1 fully saturated rings. The van der Waals surface area contributed by atoms with Crippen molar-refractivity contribution in [3.8, 4) is 17.0 Å². The summed E-state index contributed by atoms with van der Waals surface area (Å²) in [5.41, 5.74) is 3.48. The summed E-state index contributed by atoms with van der Waals surface area (Å²) in [7, 11) is 0. The Labute approximate surface area is 203 Å². The lowest BCUT2D eigenvalue weighted by Gasteiger charge is -2.33. The normalized spacial score (nSPS) is 14.4. The van der Waals surface area contributed by atoms with Crippen LogP contribution in [0.4, 0.5) is 5.82 Å². The molecule has 1 aliphatic heterocycles. The number of hydrogen-bond acceptors (Lipinski definition) is 5. The minimum Gasteiger partial charge on any atom is -0.484 e. The van der Waals surface area contributed by atoms with Crippen molar-refractivity contribution in [2.24, 2.45) is 0 Å². The molecule has 0 radical (unpaired) electrons. The summed E-state index contributed by atoms with van der Waals surface area (Å²) in [5, 5.41) is 8.81. The van der Waals surface area contributed by atoms with Gasteiger partial charge in [0.1, 0.15) is 11.6 Å². The summed E-state index contributed by atoms with van der Waals surface area (Å²) in [6.45, 7) is 3.41. The van der Waals surface area contributed by atoms with Gasteiger partial charge in [-0.05, 0) is 38.0 Å². The average molecular weight is 476 g/mol. The molecule has 2 aromatic heterocycles. The number of nitrogens with zero attached hydrogens (tertiary/aromatic N) is 4. The first kappa shape index (κ1) is 22.2. The topological polar surface area (TPSA) is 71.8 Å². The van der Waals surface area contributed by atoms with Gasteiger partial charge in [0.2, 0.25) is 0 Å². The smallest absolute Gasteiger partial charge is 0.260 e. The Bertz CT molecular complexity index is 1300. The first-order valence-electron chi connectivity index (χ1n) is 11.4. The molecule has 8 heteroatoms. The first-order chi connectivity index (χ1) is 16.6. The monoisotopic (exact) mass is 475 g/mol. The molecule has 0 unspecified atom stereocenters. The highest BCUT2D eigenvalue weighted by atomic mass is 35.5. The van der Waals surface area contributed by atoms with E-state index >= 15 is 0 Å². The second-order valence-corrected chi connectivity index (χ2v) is 8.88. The van der Waals surface area contributed by atoms with E-state index in [9.17, 15) is 4.79 Å². The van der Waals surface area contributed by atoms with Crippen molar-refractivity contribution in [3.63, 3.8) is 0 Å². The molecule has 1 aliphatic rings. The fourth-order valence-electron chi connectivity index (χ4n) is 4.22. The number of piperidine rings is 1. The number of halogens is 1. The molecular formula is C26H26ClN5O2. The number of amides is 1. The van der Waals surface area contributed by atoms with Crippen molar-refractivity contribution < 1.29 is 9.53 Å². The number of fused-ring (bicyclic) bond motifs is 1. The molecule has 1 amide bonds. The summed E-state index contributed by atoms with van der Waals surface area (Å²) < 4.78 is 7.46. The van der Waals surface area contributed by atoms with Crippen LogP contribution in [0.1, 0.15) is 18.4 Å². The van der Waals surface area contributed by atoms with Crippen molar-refractivity contribution in [3.05, 3.63) is 77.4 Å². The third kappa shape index (κ3) is 4.70. The number of carbonyl (C=O) groups is 1. The number of carbonyl (C=O) groups excluding carboxylic acids is 1. The van der Waals surface area contributed by atoms with E-state index in [1.54, 1.807) is 0 Å². The van der Waals surface area contributed by atoms with Crippen molar-refractivity contribution in [1.29, 1.82) is 0 Å². The first-order valence-corrected chi connectivity index (χ1v) is 11.8. The summed E-state index contributed by atoms with van der Waals surface area (Å²) in [5.74, 6) is 1.58. The fourth-order valence-corrected chi connectivity index (χ4v) is 4.45. The Morgan fingerprint density at radius 3 is 2.62 bits per heavy atom. The predicted molar refractivity (Wildman–Crippen MR) is 133 cm³/mol. The van der Waals surface area contributed by atoms with Gasteiger partial charge in [-0.1, -0.05) is 48.0 Å². The Morgan fingerprint density at radius 2 is 1.85 bits per heavy atom. The predicted octanol–water partition coefficient (Wildman–Crippen LogP) is 4.84.